The van der Waals surface area contributed by atoms with Gasteiger partial charge in [-0.05, 0) is 49.2 Å². The normalized spacial score (nSPS) is 11.4. The van der Waals surface area contributed by atoms with Crippen molar-refractivity contribution in [2.24, 2.45) is 0 Å². The molecule has 134 valence electrons. The second-order valence-corrected chi connectivity index (χ2v) is 6.80. The van der Waals surface area contributed by atoms with Gasteiger partial charge in [0.15, 0.2) is 0 Å². The van der Waals surface area contributed by atoms with Gasteiger partial charge in [-0.2, -0.15) is 8.78 Å². The number of rotatable bonds is 6. The molecule has 0 atom stereocenters. The number of halogens is 2. The van der Waals surface area contributed by atoms with Crippen molar-refractivity contribution in [1.29, 1.82) is 0 Å². The van der Waals surface area contributed by atoms with Crippen molar-refractivity contribution >= 4 is 21.4 Å². The number of nitro groups is 1. The molecule has 0 saturated carbocycles. The number of nitrogens with one attached hydrogen (secondary N) is 1. The third-order valence-electron chi connectivity index (χ3n) is 3.44. The molecule has 2 aromatic rings. The minimum absolute atomic E-state index is 0.102. The Hall–Kier alpha value is -2.75. The summed E-state index contributed by atoms with van der Waals surface area (Å²) < 4.78 is 55.7. The Morgan fingerprint density at radius 1 is 1.16 bits per heavy atom. The molecule has 2 rings (SSSR count). The van der Waals surface area contributed by atoms with Gasteiger partial charge in [-0.1, -0.05) is 0 Å². The van der Waals surface area contributed by atoms with E-state index in [0.29, 0.717) is 11.1 Å². The maximum atomic E-state index is 12.5. The highest BCUT2D eigenvalue weighted by Crippen LogP contribution is 2.27. The maximum Gasteiger partial charge on any atom is 0.387 e. The molecule has 0 radical (unpaired) electrons. The molecule has 0 bridgehead atoms. The molecular weight excluding hydrogens is 358 g/mol. The first-order chi connectivity index (χ1) is 11.6. The second kappa shape index (κ2) is 7.01. The molecule has 0 spiro atoms. The molecule has 0 aliphatic heterocycles. The molecule has 0 saturated heterocycles. The average molecular weight is 372 g/mol. The largest absolute Gasteiger partial charge is 0.435 e. The van der Waals surface area contributed by atoms with Gasteiger partial charge in [-0.15, -0.1) is 0 Å². The minimum atomic E-state index is -4.10. The number of hydrogen-bond donors (Lipinski definition) is 1. The minimum Gasteiger partial charge on any atom is -0.435 e. The summed E-state index contributed by atoms with van der Waals surface area (Å²) in [5.41, 5.74) is 0.584. The molecule has 0 aromatic heterocycles. The van der Waals surface area contributed by atoms with Gasteiger partial charge in [0.1, 0.15) is 5.75 Å². The van der Waals surface area contributed by atoms with Crippen LogP contribution in [0.2, 0.25) is 0 Å². The number of benzene rings is 2. The van der Waals surface area contributed by atoms with Gasteiger partial charge in [0, 0.05) is 17.8 Å². The van der Waals surface area contributed by atoms with Crippen LogP contribution in [0.4, 0.5) is 20.2 Å². The Morgan fingerprint density at radius 2 is 1.76 bits per heavy atom. The highest BCUT2D eigenvalue weighted by Gasteiger charge is 2.22. The van der Waals surface area contributed by atoms with Gasteiger partial charge in [0.05, 0.1) is 9.82 Å². The SMILES string of the molecule is Cc1cc([N+](=O)[O-])cc(S(=O)(=O)Nc2ccc(OC(F)F)cc2)c1C. The standard InChI is InChI=1S/C15H14F2N2O5S/c1-9-7-12(19(20)21)8-14(10(9)2)25(22,23)18-11-3-5-13(6-4-11)24-15(16)17/h3-8,15,18H,1-2H3. The highest BCUT2D eigenvalue weighted by molar-refractivity contribution is 7.92. The van der Waals surface area contributed by atoms with Crippen molar-refractivity contribution in [2.75, 3.05) is 4.72 Å². The van der Waals surface area contributed by atoms with Gasteiger partial charge < -0.3 is 4.74 Å². The number of alkyl halides is 2. The van der Waals surface area contributed by atoms with Crippen molar-refractivity contribution in [2.45, 2.75) is 25.4 Å². The predicted molar refractivity (Wildman–Crippen MR) is 86.5 cm³/mol. The molecule has 0 unspecified atom stereocenters. The topological polar surface area (TPSA) is 98.5 Å². The van der Waals surface area contributed by atoms with Crippen LogP contribution < -0.4 is 9.46 Å². The van der Waals surface area contributed by atoms with Crippen molar-refractivity contribution in [3.05, 3.63) is 57.6 Å². The van der Waals surface area contributed by atoms with Crippen LogP contribution in [0.1, 0.15) is 11.1 Å². The number of anilines is 1. The summed E-state index contributed by atoms with van der Waals surface area (Å²) in [5.74, 6) is -0.125. The van der Waals surface area contributed by atoms with Crippen LogP contribution in [0.25, 0.3) is 0 Å². The fourth-order valence-corrected chi connectivity index (χ4v) is 3.50. The van der Waals surface area contributed by atoms with Crippen LogP contribution >= 0.6 is 0 Å². The van der Waals surface area contributed by atoms with E-state index in [1.54, 1.807) is 6.92 Å². The van der Waals surface area contributed by atoms with E-state index in [9.17, 15) is 27.3 Å². The molecule has 0 amide bonds. The molecule has 7 nitrogen and oxygen atoms in total. The van der Waals surface area contributed by atoms with Gasteiger partial charge in [-0.3, -0.25) is 14.8 Å². The Morgan fingerprint density at radius 3 is 2.28 bits per heavy atom. The van der Waals surface area contributed by atoms with E-state index in [4.69, 9.17) is 0 Å². The zero-order valence-electron chi connectivity index (χ0n) is 13.2. The Labute approximate surface area is 142 Å². The lowest BCUT2D eigenvalue weighted by Gasteiger charge is -2.12. The van der Waals surface area contributed by atoms with E-state index in [0.717, 1.165) is 6.07 Å². The monoisotopic (exact) mass is 372 g/mol. The number of nitro benzene ring substituents is 1. The lowest BCUT2D eigenvalue weighted by atomic mass is 10.1. The predicted octanol–water partition coefficient (Wildman–Crippen LogP) is 3.61. The van der Waals surface area contributed by atoms with Gasteiger partial charge in [0.25, 0.3) is 15.7 Å². The van der Waals surface area contributed by atoms with Crippen LogP contribution in [0.5, 0.6) is 5.75 Å². The summed E-state index contributed by atoms with van der Waals surface area (Å²) in [6.45, 7) is 0.114. The number of hydrogen-bond acceptors (Lipinski definition) is 5. The number of non-ortho nitro benzene ring substituents is 1. The maximum absolute atomic E-state index is 12.5. The van der Waals surface area contributed by atoms with Crippen LogP contribution in [0.15, 0.2) is 41.3 Å². The summed E-state index contributed by atoms with van der Waals surface area (Å²) in [5, 5.41) is 10.9. The van der Waals surface area contributed by atoms with E-state index in [-0.39, 0.29) is 22.0 Å². The molecule has 1 N–H and O–H groups in total. The van der Waals surface area contributed by atoms with Crippen molar-refractivity contribution < 1.29 is 26.9 Å². The van der Waals surface area contributed by atoms with Crippen molar-refractivity contribution in [3.63, 3.8) is 0 Å². The van der Waals surface area contributed by atoms with Crippen LogP contribution in [0, 0.1) is 24.0 Å². The quantitative estimate of drug-likeness (QED) is 0.617. The van der Waals surface area contributed by atoms with Crippen molar-refractivity contribution in [1.82, 2.24) is 0 Å². The number of nitrogens with zero attached hydrogens (tertiary/aromatic N) is 1. The fourth-order valence-electron chi connectivity index (χ4n) is 2.11. The summed E-state index contributed by atoms with van der Waals surface area (Å²) in [6.07, 6.45) is 0. The summed E-state index contributed by atoms with van der Waals surface area (Å²) >= 11 is 0. The Balaban J connectivity index is 2.35. The summed E-state index contributed by atoms with van der Waals surface area (Å²) in [6, 6.07) is 7.10. The zero-order chi connectivity index (χ0) is 18.8. The van der Waals surface area contributed by atoms with E-state index < -0.39 is 21.6 Å². The highest BCUT2D eigenvalue weighted by atomic mass is 32.2. The van der Waals surface area contributed by atoms with Crippen LogP contribution in [-0.2, 0) is 10.0 Å². The average Bonchev–Trinajstić information content (AvgIpc) is 2.50. The Kier molecular flexibility index (Phi) is 5.21. The van der Waals surface area contributed by atoms with Crippen LogP contribution in [-0.4, -0.2) is 20.0 Å². The van der Waals surface area contributed by atoms with E-state index in [1.165, 1.54) is 37.3 Å². The lowest BCUT2D eigenvalue weighted by molar-refractivity contribution is -0.385. The van der Waals surface area contributed by atoms with Gasteiger partial charge in [0.2, 0.25) is 0 Å². The number of aryl methyl sites for hydroxylation is 1. The molecule has 10 heteroatoms. The third kappa shape index (κ3) is 4.41. The molecule has 25 heavy (non-hydrogen) atoms. The van der Waals surface area contributed by atoms with Gasteiger partial charge in [-0.25, -0.2) is 8.42 Å². The van der Waals surface area contributed by atoms with E-state index >= 15 is 0 Å². The van der Waals surface area contributed by atoms with Crippen LogP contribution in [0.3, 0.4) is 0 Å². The third-order valence-corrected chi connectivity index (χ3v) is 4.94. The molecule has 0 heterocycles. The first-order valence-electron chi connectivity index (χ1n) is 6.93. The second-order valence-electron chi connectivity index (χ2n) is 5.15. The summed E-state index contributed by atoms with van der Waals surface area (Å²) in [7, 11) is -4.10. The summed E-state index contributed by atoms with van der Waals surface area (Å²) in [4.78, 5) is 10.0. The first-order valence-corrected chi connectivity index (χ1v) is 8.42. The molecule has 2 aromatic carbocycles. The lowest BCUT2D eigenvalue weighted by Crippen LogP contribution is -2.15. The fraction of sp³-hybridized carbons (Fsp3) is 0.200. The Bertz CT molecular complexity index is 899. The number of sulfonamides is 1. The molecule has 0 aliphatic rings. The molecule has 0 aliphatic carbocycles. The van der Waals surface area contributed by atoms with Crippen molar-refractivity contribution in [3.8, 4) is 5.75 Å². The molecular formula is C15H14F2N2O5S. The number of ether oxygens (including phenoxy) is 1. The smallest absolute Gasteiger partial charge is 0.387 e. The van der Waals surface area contributed by atoms with E-state index in [2.05, 4.69) is 9.46 Å². The van der Waals surface area contributed by atoms with Gasteiger partial charge >= 0.3 is 6.61 Å². The van der Waals surface area contributed by atoms with E-state index in [1.807, 2.05) is 0 Å². The molecule has 0 fully saturated rings. The first kappa shape index (κ1) is 18.6. The zero-order valence-corrected chi connectivity index (χ0v) is 14.0.